The van der Waals surface area contributed by atoms with E-state index in [1.165, 1.54) is 0 Å². The van der Waals surface area contributed by atoms with Crippen molar-refractivity contribution in [3.05, 3.63) is 0 Å². The topological polar surface area (TPSA) is 202 Å². The minimum Gasteiger partial charge on any atom is -0.387 e. The van der Waals surface area contributed by atoms with Crippen LogP contribution < -0.4 is 5.73 Å². The van der Waals surface area contributed by atoms with E-state index in [-0.39, 0.29) is 12.3 Å². The van der Waals surface area contributed by atoms with Crippen molar-refractivity contribution in [3.63, 3.8) is 0 Å². The molecular weight excluding hydrogens is 286 g/mol. The largest absolute Gasteiger partial charge is 0.387 e. The second-order valence-electron chi connectivity index (χ2n) is 4.02. The number of aliphatic hydroxyl groups excluding tert-OH is 6. The Morgan fingerprint density at radius 1 is 0.737 bits per heavy atom. The first kappa shape index (κ1) is 18.6. The summed E-state index contributed by atoms with van der Waals surface area (Å²) in [7, 11) is -3.80. The highest BCUT2D eigenvalue weighted by Crippen LogP contribution is 2.20. The van der Waals surface area contributed by atoms with Crippen LogP contribution in [0.2, 0.25) is 0 Å². The molecule has 1 aliphatic carbocycles. The first-order valence-electron chi connectivity index (χ1n) is 5.26. The van der Waals surface area contributed by atoms with Crippen LogP contribution in [0.3, 0.4) is 0 Å². The van der Waals surface area contributed by atoms with Gasteiger partial charge in [0.2, 0.25) is 0 Å². The zero-order chi connectivity index (χ0) is 15.4. The molecule has 0 aromatic carbocycles. The molecule has 116 valence electrons. The van der Waals surface area contributed by atoms with Crippen LogP contribution in [0.25, 0.3) is 0 Å². The average molecular weight is 305 g/mol. The van der Waals surface area contributed by atoms with Gasteiger partial charge in [-0.3, -0.25) is 4.55 Å². The van der Waals surface area contributed by atoms with Crippen molar-refractivity contribution in [1.29, 1.82) is 0 Å². The Balaban J connectivity index is 0.000000399. The maximum absolute atomic E-state index is 9.71. The Labute approximate surface area is 109 Å². The summed E-state index contributed by atoms with van der Waals surface area (Å²) in [4.78, 5) is 0. The zero-order valence-corrected chi connectivity index (χ0v) is 10.6. The smallest absolute Gasteiger partial charge is 0.266 e. The van der Waals surface area contributed by atoms with Crippen molar-refractivity contribution in [2.45, 2.75) is 36.6 Å². The van der Waals surface area contributed by atoms with Gasteiger partial charge < -0.3 is 36.4 Å². The molecule has 0 unspecified atom stereocenters. The fraction of sp³-hybridized carbons (Fsp3) is 1.00. The number of hydrogen-bond acceptors (Lipinski definition) is 9. The molecule has 1 saturated carbocycles. The van der Waals surface area contributed by atoms with E-state index < -0.39 is 46.7 Å². The fourth-order valence-electron chi connectivity index (χ4n) is 1.36. The normalized spacial score (nSPS) is 39.4. The molecule has 0 bridgehead atoms. The second-order valence-corrected chi connectivity index (χ2v) is 5.59. The van der Waals surface area contributed by atoms with Gasteiger partial charge in [-0.15, -0.1) is 0 Å². The van der Waals surface area contributed by atoms with Crippen LogP contribution in [-0.2, 0) is 10.1 Å². The van der Waals surface area contributed by atoms with Crippen LogP contribution in [0.5, 0.6) is 0 Å². The van der Waals surface area contributed by atoms with E-state index in [1.54, 1.807) is 0 Å². The third kappa shape index (κ3) is 5.64. The molecule has 0 amide bonds. The SMILES string of the molecule is NCCS(=O)(=O)O.OC1C(O)C(O)C(O)C(O)C1O. The minimum absolute atomic E-state index is 0.0289. The average Bonchev–Trinajstić information content (AvgIpc) is 2.31. The molecule has 0 heterocycles. The maximum Gasteiger partial charge on any atom is 0.266 e. The van der Waals surface area contributed by atoms with Crippen LogP contribution in [0.4, 0.5) is 0 Å². The summed E-state index contributed by atoms with van der Waals surface area (Å²) in [5, 5.41) is 53.8. The van der Waals surface area contributed by atoms with Gasteiger partial charge in [0.05, 0.1) is 5.75 Å². The molecule has 0 aromatic rings. The molecular formula is C8H19NO9S. The summed E-state index contributed by atoms with van der Waals surface area (Å²) < 4.78 is 27.3. The molecule has 0 radical (unpaired) electrons. The summed E-state index contributed by atoms with van der Waals surface area (Å²) >= 11 is 0. The van der Waals surface area contributed by atoms with Crippen molar-refractivity contribution >= 4 is 10.1 Å². The number of nitrogens with two attached hydrogens (primary N) is 1. The van der Waals surface area contributed by atoms with E-state index in [0.717, 1.165) is 0 Å². The Kier molecular flexibility index (Phi) is 7.28. The van der Waals surface area contributed by atoms with Crippen LogP contribution in [0, 0.1) is 0 Å². The van der Waals surface area contributed by atoms with Gasteiger partial charge >= 0.3 is 0 Å². The lowest BCUT2D eigenvalue weighted by molar-refractivity contribution is -0.223. The molecule has 19 heavy (non-hydrogen) atoms. The maximum atomic E-state index is 9.71. The Hall–Kier alpha value is -0.370. The summed E-state index contributed by atoms with van der Waals surface area (Å²) in [6, 6.07) is 0. The summed E-state index contributed by atoms with van der Waals surface area (Å²) in [6.07, 6.45) is -9.84. The first-order chi connectivity index (χ1) is 8.52. The third-order valence-corrected chi connectivity index (χ3v) is 3.23. The Morgan fingerprint density at radius 3 is 1.00 bits per heavy atom. The predicted molar refractivity (Wildman–Crippen MR) is 61.5 cm³/mol. The molecule has 1 rings (SSSR count). The molecule has 0 aromatic heterocycles. The highest BCUT2D eigenvalue weighted by Gasteiger charge is 2.47. The van der Waals surface area contributed by atoms with E-state index in [4.69, 9.17) is 40.9 Å². The lowest BCUT2D eigenvalue weighted by Crippen LogP contribution is -2.63. The third-order valence-electron chi connectivity index (χ3n) is 2.48. The van der Waals surface area contributed by atoms with Crippen LogP contribution >= 0.6 is 0 Å². The van der Waals surface area contributed by atoms with Gasteiger partial charge in [0, 0.05) is 6.54 Å². The van der Waals surface area contributed by atoms with Crippen LogP contribution in [0.15, 0.2) is 0 Å². The molecule has 0 spiro atoms. The first-order valence-corrected chi connectivity index (χ1v) is 6.87. The molecule has 11 heteroatoms. The van der Waals surface area contributed by atoms with Gasteiger partial charge in [0.15, 0.2) is 0 Å². The van der Waals surface area contributed by atoms with Crippen molar-refractivity contribution in [2.24, 2.45) is 5.73 Å². The highest BCUT2D eigenvalue weighted by atomic mass is 32.2. The van der Waals surface area contributed by atoms with E-state index in [1.807, 2.05) is 0 Å². The number of aliphatic hydroxyl groups is 6. The highest BCUT2D eigenvalue weighted by molar-refractivity contribution is 7.85. The van der Waals surface area contributed by atoms with Crippen LogP contribution in [0.1, 0.15) is 0 Å². The molecule has 0 aliphatic heterocycles. The van der Waals surface area contributed by atoms with Gasteiger partial charge in [-0.1, -0.05) is 0 Å². The minimum atomic E-state index is -3.80. The number of rotatable bonds is 2. The zero-order valence-electron chi connectivity index (χ0n) is 9.81. The van der Waals surface area contributed by atoms with E-state index >= 15 is 0 Å². The second kappa shape index (κ2) is 7.42. The van der Waals surface area contributed by atoms with Crippen molar-refractivity contribution < 1.29 is 43.6 Å². The van der Waals surface area contributed by atoms with Gasteiger partial charge in [-0.2, -0.15) is 8.42 Å². The quantitative estimate of drug-likeness (QED) is 0.228. The summed E-state index contributed by atoms with van der Waals surface area (Å²) in [5.41, 5.74) is 4.78. The summed E-state index contributed by atoms with van der Waals surface area (Å²) in [5.74, 6) is -0.354. The predicted octanol–water partition coefficient (Wildman–Crippen LogP) is -5.00. The molecule has 1 aliphatic rings. The lowest BCUT2D eigenvalue weighted by atomic mass is 9.85. The standard InChI is InChI=1S/C6H12O6.C2H7NO3S/c7-1-2(8)4(10)6(12)5(11)3(1)9;3-1-2-7(4,5)6/h1-12H;1-3H2,(H,4,5,6). The molecule has 9 N–H and O–H groups in total. The van der Waals surface area contributed by atoms with E-state index in [2.05, 4.69) is 0 Å². The molecule has 0 atom stereocenters. The van der Waals surface area contributed by atoms with E-state index in [9.17, 15) is 8.42 Å². The van der Waals surface area contributed by atoms with Crippen molar-refractivity contribution in [1.82, 2.24) is 0 Å². The molecule has 10 nitrogen and oxygen atoms in total. The van der Waals surface area contributed by atoms with Gasteiger partial charge in [0.25, 0.3) is 10.1 Å². The molecule has 0 saturated heterocycles. The Morgan fingerprint density at radius 2 is 0.947 bits per heavy atom. The van der Waals surface area contributed by atoms with Crippen molar-refractivity contribution in [3.8, 4) is 0 Å². The monoisotopic (exact) mass is 305 g/mol. The molecule has 1 fully saturated rings. The van der Waals surface area contributed by atoms with E-state index in [0.29, 0.717) is 0 Å². The lowest BCUT2D eigenvalue weighted by Gasteiger charge is -2.39. The van der Waals surface area contributed by atoms with Gasteiger partial charge in [-0.25, -0.2) is 0 Å². The van der Waals surface area contributed by atoms with Gasteiger partial charge in [-0.05, 0) is 0 Å². The van der Waals surface area contributed by atoms with Crippen molar-refractivity contribution in [2.75, 3.05) is 12.3 Å². The summed E-state index contributed by atoms with van der Waals surface area (Å²) in [6.45, 7) is -0.0289. The Bertz CT molecular complexity index is 303. The van der Waals surface area contributed by atoms with Gasteiger partial charge in [0.1, 0.15) is 36.6 Å². The fourth-order valence-corrected chi connectivity index (χ4v) is 1.66. The van der Waals surface area contributed by atoms with Crippen LogP contribution in [-0.4, -0.2) is 92.5 Å². The number of hydrogen-bond donors (Lipinski definition) is 8.